The molecule has 0 saturated heterocycles. The highest BCUT2D eigenvalue weighted by Crippen LogP contribution is 2.34. The first-order valence-corrected chi connectivity index (χ1v) is 11.1. The molecule has 170 valence electrons. The number of alkyl halides is 3. The molecule has 3 aromatic rings. The number of fused-ring (bicyclic) bond motifs is 1. The first-order chi connectivity index (χ1) is 14.8. The maximum Gasteiger partial charge on any atom is 0.433 e. The van der Waals surface area contributed by atoms with Crippen LogP contribution >= 0.6 is 0 Å². The van der Waals surface area contributed by atoms with Crippen LogP contribution < -0.4 is 4.74 Å². The molecule has 0 aliphatic heterocycles. The summed E-state index contributed by atoms with van der Waals surface area (Å²) in [6.07, 6.45) is -2.26. The lowest BCUT2D eigenvalue weighted by Gasteiger charge is -2.24. The Morgan fingerprint density at radius 3 is 2.47 bits per heavy atom. The van der Waals surface area contributed by atoms with E-state index in [1.165, 1.54) is 30.8 Å². The van der Waals surface area contributed by atoms with E-state index in [0.29, 0.717) is 0 Å². The number of nitrogens with zero attached hydrogens (tertiary/aromatic N) is 5. The number of rotatable bonds is 6. The number of aromatic nitrogens is 4. The van der Waals surface area contributed by atoms with Crippen LogP contribution in [0.25, 0.3) is 22.6 Å². The molecule has 32 heavy (non-hydrogen) atoms. The summed E-state index contributed by atoms with van der Waals surface area (Å²) < 4.78 is 71.9. The first-order valence-electron chi connectivity index (χ1n) is 9.48. The number of halogens is 3. The van der Waals surface area contributed by atoms with Crippen molar-refractivity contribution in [2.75, 3.05) is 5.75 Å². The van der Waals surface area contributed by atoms with Gasteiger partial charge in [0.1, 0.15) is 27.6 Å². The van der Waals surface area contributed by atoms with Crippen molar-refractivity contribution in [2.45, 2.75) is 43.9 Å². The normalized spacial score (nSPS) is 12.7. The van der Waals surface area contributed by atoms with Crippen LogP contribution in [-0.4, -0.2) is 39.3 Å². The molecule has 0 N–H and O–H groups in total. The molecule has 0 aliphatic rings. The molecule has 0 atom stereocenters. The predicted octanol–water partition coefficient (Wildman–Crippen LogP) is 3.91. The van der Waals surface area contributed by atoms with Gasteiger partial charge in [-0.25, -0.2) is 23.4 Å². The van der Waals surface area contributed by atoms with Crippen molar-refractivity contribution >= 4 is 20.9 Å². The molecule has 0 fully saturated rings. The van der Waals surface area contributed by atoms with Crippen molar-refractivity contribution in [1.29, 1.82) is 5.26 Å². The Balaban J connectivity index is 2.20. The highest BCUT2D eigenvalue weighted by molar-refractivity contribution is 7.91. The maximum atomic E-state index is 13.0. The lowest BCUT2D eigenvalue weighted by Crippen LogP contribution is -2.27. The number of hydrogen-bond donors (Lipinski definition) is 0. The summed E-state index contributed by atoms with van der Waals surface area (Å²) in [5, 5.41) is 8.94. The molecule has 0 radical (unpaired) electrons. The summed E-state index contributed by atoms with van der Waals surface area (Å²) in [7, 11) is -2.28. The second kappa shape index (κ2) is 8.05. The lowest BCUT2D eigenvalue weighted by molar-refractivity contribution is -0.141. The second-order valence-electron chi connectivity index (χ2n) is 7.67. The largest absolute Gasteiger partial charge is 0.485 e. The monoisotopic (exact) mass is 467 g/mol. The van der Waals surface area contributed by atoms with E-state index in [0.717, 1.165) is 12.3 Å². The van der Waals surface area contributed by atoms with Crippen LogP contribution in [0.4, 0.5) is 13.2 Å². The minimum atomic E-state index is -4.64. The van der Waals surface area contributed by atoms with Crippen LogP contribution in [0.3, 0.4) is 0 Å². The maximum absolute atomic E-state index is 13.0. The van der Waals surface area contributed by atoms with Gasteiger partial charge in [0.15, 0.2) is 15.7 Å². The highest BCUT2D eigenvalue weighted by Gasteiger charge is 2.33. The summed E-state index contributed by atoms with van der Waals surface area (Å²) in [5.41, 5.74) is -1.73. The van der Waals surface area contributed by atoms with Crippen molar-refractivity contribution in [3.05, 3.63) is 30.2 Å². The van der Waals surface area contributed by atoms with E-state index in [2.05, 4.69) is 15.0 Å². The third-order valence-corrected chi connectivity index (χ3v) is 6.45. The number of sulfone groups is 1. The van der Waals surface area contributed by atoms with Crippen LogP contribution in [0.1, 0.15) is 32.9 Å². The van der Waals surface area contributed by atoms with Gasteiger partial charge in [-0.3, -0.25) is 0 Å². The van der Waals surface area contributed by atoms with E-state index in [-0.39, 0.29) is 45.4 Å². The van der Waals surface area contributed by atoms with Gasteiger partial charge in [0.2, 0.25) is 0 Å². The number of ether oxygens (including phenoxy) is 1. The number of hydrogen-bond acceptors (Lipinski definition) is 7. The van der Waals surface area contributed by atoms with Crippen LogP contribution in [0.15, 0.2) is 29.4 Å². The summed E-state index contributed by atoms with van der Waals surface area (Å²) in [5.74, 6) is -0.0343. The molecule has 0 aromatic carbocycles. The second-order valence-corrected chi connectivity index (χ2v) is 9.91. The molecule has 3 aromatic heterocycles. The van der Waals surface area contributed by atoms with Crippen molar-refractivity contribution in [1.82, 2.24) is 19.5 Å². The fourth-order valence-electron chi connectivity index (χ4n) is 3.04. The lowest BCUT2D eigenvalue weighted by atomic mass is 10.1. The zero-order valence-corrected chi connectivity index (χ0v) is 18.5. The molecule has 0 aliphatic carbocycles. The smallest absolute Gasteiger partial charge is 0.433 e. The van der Waals surface area contributed by atoms with E-state index >= 15 is 0 Å². The zero-order valence-electron chi connectivity index (χ0n) is 17.7. The standard InChI is InChI=1S/C20H20F3N5O3S/c1-5-32(29,30)15-8-12(31-19(2,3)6-7-24)10-26-17(15)18-27-13-9-16(20(21,22)23)25-11-14(13)28(18)4/h8-11H,5-6H2,1-4H3. The Morgan fingerprint density at radius 1 is 1.19 bits per heavy atom. The van der Waals surface area contributed by atoms with Crippen molar-refractivity contribution in [3.63, 3.8) is 0 Å². The average molecular weight is 467 g/mol. The number of imidazole rings is 1. The summed E-state index contributed by atoms with van der Waals surface area (Å²) in [6, 6.07) is 4.09. The van der Waals surface area contributed by atoms with Gasteiger partial charge in [-0.2, -0.15) is 18.4 Å². The fourth-order valence-corrected chi connectivity index (χ4v) is 4.09. The molecule has 3 heterocycles. The van der Waals surface area contributed by atoms with Crippen molar-refractivity contribution in [2.24, 2.45) is 7.05 Å². The van der Waals surface area contributed by atoms with Gasteiger partial charge in [-0.1, -0.05) is 6.92 Å². The molecule has 12 heteroatoms. The van der Waals surface area contributed by atoms with E-state index in [9.17, 15) is 21.6 Å². The quantitative estimate of drug-likeness (QED) is 0.540. The third-order valence-electron chi connectivity index (χ3n) is 4.71. The molecule has 0 unspecified atom stereocenters. The van der Waals surface area contributed by atoms with Gasteiger partial charge in [-0.15, -0.1) is 0 Å². The summed E-state index contributed by atoms with van der Waals surface area (Å²) in [6.45, 7) is 4.81. The van der Waals surface area contributed by atoms with Gasteiger partial charge < -0.3 is 9.30 Å². The molecule has 0 saturated carbocycles. The molecule has 8 nitrogen and oxygen atoms in total. The Kier molecular flexibility index (Phi) is 5.90. The number of nitriles is 1. The predicted molar refractivity (Wildman–Crippen MR) is 109 cm³/mol. The first kappa shape index (κ1) is 23.5. The topological polar surface area (TPSA) is 111 Å². The summed E-state index contributed by atoms with van der Waals surface area (Å²) >= 11 is 0. The highest BCUT2D eigenvalue weighted by atomic mass is 32.2. The van der Waals surface area contributed by atoms with Gasteiger partial charge in [0.25, 0.3) is 0 Å². The van der Waals surface area contributed by atoms with Crippen LogP contribution in [0.5, 0.6) is 5.75 Å². The van der Waals surface area contributed by atoms with Crippen molar-refractivity contribution in [3.8, 4) is 23.3 Å². The molecule has 0 amide bonds. The summed E-state index contributed by atoms with van der Waals surface area (Å²) in [4.78, 5) is 11.7. The average Bonchev–Trinajstić information content (AvgIpc) is 3.03. The molecule has 0 spiro atoms. The van der Waals surface area contributed by atoms with Gasteiger partial charge >= 0.3 is 6.18 Å². The fraction of sp³-hybridized carbons (Fsp3) is 0.400. The molecule has 3 rings (SSSR count). The van der Waals surface area contributed by atoms with E-state index in [1.807, 2.05) is 6.07 Å². The van der Waals surface area contributed by atoms with Crippen LogP contribution in [-0.2, 0) is 23.1 Å². The van der Waals surface area contributed by atoms with Gasteiger partial charge in [0, 0.05) is 13.1 Å². The van der Waals surface area contributed by atoms with Gasteiger partial charge in [-0.05, 0) is 19.9 Å². The number of aryl methyl sites for hydroxylation is 1. The number of pyridine rings is 2. The SMILES string of the molecule is CCS(=O)(=O)c1cc(OC(C)(C)CC#N)cnc1-c1nc2cc(C(F)(F)F)ncc2n1C. The van der Waals surface area contributed by atoms with E-state index in [1.54, 1.807) is 13.8 Å². The zero-order chi connectivity index (χ0) is 23.9. The Labute approximate surface area is 182 Å². The Bertz CT molecular complexity index is 1320. The van der Waals surface area contributed by atoms with Gasteiger partial charge in [0.05, 0.1) is 41.7 Å². The van der Waals surface area contributed by atoms with Crippen LogP contribution in [0, 0.1) is 11.3 Å². The Hall–Kier alpha value is -3.20. The molecular formula is C20H20F3N5O3S. The van der Waals surface area contributed by atoms with Crippen LogP contribution in [0.2, 0.25) is 0 Å². The molecular weight excluding hydrogens is 447 g/mol. The minimum absolute atomic E-state index is 0.00181. The molecule has 0 bridgehead atoms. The third kappa shape index (κ3) is 4.52. The van der Waals surface area contributed by atoms with E-state index < -0.39 is 27.3 Å². The van der Waals surface area contributed by atoms with Crippen molar-refractivity contribution < 1.29 is 26.3 Å². The minimum Gasteiger partial charge on any atom is -0.485 e. The Morgan fingerprint density at radius 2 is 1.88 bits per heavy atom. The van der Waals surface area contributed by atoms with E-state index in [4.69, 9.17) is 10.00 Å².